The van der Waals surface area contributed by atoms with E-state index >= 15 is 0 Å². The van der Waals surface area contributed by atoms with E-state index in [-0.39, 0.29) is 11.8 Å². The monoisotopic (exact) mass is 298 g/mol. The molecule has 2 bridgehead atoms. The maximum atomic E-state index is 12.2. The second-order valence-corrected chi connectivity index (χ2v) is 6.64. The Morgan fingerprint density at radius 1 is 1.29 bits per heavy atom. The lowest BCUT2D eigenvalue weighted by atomic mass is 9.83. The zero-order chi connectivity index (χ0) is 15.8. The summed E-state index contributed by atoms with van der Waals surface area (Å²) in [5.74, 6) is -3.24. The number of fused-ring (bicyclic) bond motifs is 2. The van der Waals surface area contributed by atoms with Crippen molar-refractivity contribution < 1.29 is 29.6 Å². The third kappa shape index (κ3) is 3.44. The smallest absolute Gasteiger partial charge is 0.346 e. The molecule has 0 aliphatic heterocycles. The van der Waals surface area contributed by atoms with Crippen molar-refractivity contribution in [2.24, 2.45) is 23.7 Å². The molecular formula is C15H22O6. The van der Waals surface area contributed by atoms with Gasteiger partial charge in [-0.05, 0) is 39.0 Å². The van der Waals surface area contributed by atoms with Crippen molar-refractivity contribution in [2.45, 2.75) is 45.3 Å². The minimum atomic E-state index is -0.975. The zero-order valence-corrected chi connectivity index (χ0v) is 12.5. The molecule has 0 amide bonds. The van der Waals surface area contributed by atoms with Crippen LogP contribution in [-0.2, 0) is 19.4 Å². The molecule has 2 aliphatic rings. The molecule has 5 unspecified atom stereocenters. The van der Waals surface area contributed by atoms with Gasteiger partial charge in [0.1, 0.15) is 5.60 Å². The largest absolute Gasteiger partial charge is 0.481 e. The number of carboxylic acid groups (broad SMARTS) is 1. The molecule has 21 heavy (non-hydrogen) atoms. The lowest BCUT2D eigenvalue weighted by molar-refractivity contribution is -0.332. The number of aliphatic hydroxyl groups is 1. The van der Waals surface area contributed by atoms with E-state index in [2.05, 4.69) is 0 Å². The number of rotatable bonds is 6. The first-order valence-electron chi connectivity index (χ1n) is 7.20. The molecule has 2 aliphatic carbocycles. The van der Waals surface area contributed by atoms with Gasteiger partial charge in [-0.2, -0.15) is 4.89 Å². The molecule has 0 radical (unpaired) electrons. The van der Waals surface area contributed by atoms with Gasteiger partial charge < -0.3 is 10.2 Å². The Labute approximate surface area is 123 Å². The Bertz CT molecular complexity index is 453. The second-order valence-electron chi connectivity index (χ2n) is 6.64. The first kappa shape index (κ1) is 16.0. The first-order valence-corrected chi connectivity index (χ1v) is 7.20. The van der Waals surface area contributed by atoms with Crippen molar-refractivity contribution in [3.05, 3.63) is 12.2 Å². The molecule has 2 rings (SSSR count). The van der Waals surface area contributed by atoms with E-state index in [1.807, 2.05) is 12.2 Å². The van der Waals surface area contributed by atoms with Crippen molar-refractivity contribution in [3.63, 3.8) is 0 Å². The summed E-state index contributed by atoms with van der Waals surface area (Å²) in [5.41, 5.74) is -0.823. The molecule has 1 fully saturated rings. The molecule has 1 saturated carbocycles. The molecule has 0 spiro atoms. The van der Waals surface area contributed by atoms with Crippen LogP contribution in [-0.4, -0.2) is 33.9 Å². The molecule has 2 N–H and O–H groups in total. The molecule has 0 aromatic carbocycles. The fraction of sp³-hybridized carbons (Fsp3) is 0.733. The van der Waals surface area contributed by atoms with Gasteiger partial charge in [0.15, 0.2) is 0 Å². The van der Waals surface area contributed by atoms with Crippen LogP contribution in [0, 0.1) is 23.7 Å². The summed E-state index contributed by atoms with van der Waals surface area (Å²) in [4.78, 5) is 33.5. The molecule has 5 atom stereocenters. The number of carbonyl (C=O) groups is 2. The van der Waals surface area contributed by atoms with E-state index in [1.165, 1.54) is 0 Å². The van der Waals surface area contributed by atoms with E-state index in [0.29, 0.717) is 12.8 Å². The van der Waals surface area contributed by atoms with Gasteiger partial charge in [0, 0.05) is 6.42 Å². The van der Waals surface area contributed by atoms with Gasteiger partial charge >= 0.3 is 11.9 Å². The molecule has 0 aromatic rings. The maximum Gasteiger partial charge on any atom is 0.346 e. The Morgan fingerprint density at radius 3 is 2.38 bits per heavy atom. The highest BCUT2D eigenvalue weighted by atomic mass is 17.2. The van der Waals surface area contributed by atoms with Crippen LogP contribution in [0.25, 0.3) is 0 Å². The molecular weight excluding hydrogens is 276 g/mol. The van der Waals surface area contributed by atoms with Crippen LogP contribution in [0.2, 0.25) is 0 Å². The summed E-state index contributed by atoms with van der Waals surface area (Å²) in [7, 11) is 0. The minimum absolute atomic E-state index is 0.0907. The van der Waals surface area contributed by atoms with Gasteiger partial charge in [-0.3, -0.25) is 9.68 Å². The molecule has 0 heterocycles. The van der Waals surface area contributed by atoms with Gasteiger partial charge in [-0.1, -0.05) is 12.2 Å². The third-order valence-corrected chi connectivity index (χ3v) is 4.15. The lowest BCUT2D eigenvalue weighted by Gasteiger charge is -2.27. The average molecular weight is 298 g/mol. The summed E-state index contributed by atoms with van der Waals surface area (Å²) in [6, 6.07) is 0. The summed E-state index contributed by atoms with van der Waals surface area (Å²) >= 11 is 0. The number of hydrogen-bond donors (Lipinski definition) is 2. The number of allylic oxidation sites excluding steroid dienone is 2. The predicted octanol–water partition coefficient (Wildman–Crippen LogP) is 1.53. The van der Waals surface area contributed by atoms with Crippen LogP contribution in [0.4, 0.5) is 0 Å². The molecule has 118 valence electrons. The topological polar surface area (TPSA) is 93.1 Å². The second kappa shape index (κ2) is 5.77. The molecule has 6 heteroatoms. The van der Waals surface area contributed by atoms with Gasteiger partial charge in [-0.25, -0.2) is 4.79 Å². The van der Waals surface area contributed by atoms with Crippen LogP contribution < -0.4 is 0 Å². The van der Waals surface area contributed by atoms with Crippen LogP contribution in [0.3, 0.4) is 0 Å². The number of hydrogen-bond acceptors (Lipinski definition) is 5. The zero-order valence-electron chi connectivity index (χ0n) is 12.5. The normalized spacial score (nSPS) is 32.2. The number of aliphatic hydroxyl groups excluding tert-OH is 1. The van der Waals surface area contributed by atoms with E-state index in [1.54, 1.807) is 20.8 Å². The van der Waals surface area contributed by atoms with Crippen LogP contribution >= 0.6 is 0 Å². The minimum Gasteiger partial charge on any atom is -0.481 e. The SMILES string of the molecule is CC(O)CC(C)(C)OOC(=O)C1C2C=CC(C2)C1C(=O)O. The quantitative estimate of drug-likeness (QED) is 0.439. The number of carboxylic acids is 1. The number of carbonyl (C=O) groups excluding carboxylic acids is 1. The number of aliphatic carboxylic acids is 1. The van der Waals surface area contributed by atoms with Crippen molar-refractivity contribution in [3.8, 4) is 0 Å². The fourth-order valence-electron chi connectivity index (χ4n) is 3.44. The first-order chi connectivity index (χ1) is 9.71. The van der Waals surface area contributed by atoms with Crippen molar-refractivity contribution >= 4 is 11.9 Å². The third-order valence-electron chi connectivity index (χ3n) is 4.15. The Balaban J connectivity index is 1.97. The van der Waals surface area contributed by atoms with E-state index in [9.17, 15) is 19.8 Å². The Morgan fingerprint density at radius 2 is 1.86 bits per heavy atom. The van der Waals surface area contributed by atoms with E-state index in [4.69, 9.17) is 9.78 Å². The summed E-state index contributed by atoms with van der Waals surface area (Å²) < 4.78 is 0. The predicted molar refractivity (Wildman–Crippen MR) is 72.9 cm³/mol. The van der Waals surface area contributed by atoms with E-state index < -0.39 is 35.5 Å². The highest BCUT2D eigenvalue weighted by Crippen LogP contribution is 2.48. The Kier molecular flexibility index (Phi) is 4.39. The standard InChI is InChI=1S/C15H22O6/c1-8(16)7-15(2,3)21-20-14(19)12-10-5-4-9(6-10)11(12)13(17)18/h4-5,8-12,16H,6-7H2,1-3H3,(H,17,18). The highest BCUT2D eigenvalue weighted by Gasteiger charge is 2.53. The van der Waals surface area contributed by atoms with Gasteiger partial charge in [0.05, 0.1) is 17.9 Å². The van der Waals surface area contributed by atoms with Crippen molar-refractivity contribution in [1.82, 2.24) is 0 Å². The van der Waals surface area contributed by atoms with Crippen LogP contribution in [0.5, 0.6) is 0 Å². The van der Waals surface area contributed by atoms with Gasteiger partial charge in [0.2, 0.25) is 0 Å². The Hall–Kier alpha value is -1.40. The summed E-state index contributed by atoms with van der Waals surface area (Å²) in [5, 5.41) is 18.6. The van der Waals surface area contributed by atoms with Crippen LogP contribution in [0.1, 0.15) is 33.6 Å². The lowest BCUT2D eigenvalue weighted by Crippen LogP contribution is -2.37. The average Bonchev–Trinajstić information content (AvgIpc) is 2.94. The maximum absolute atomic E-state index is 12.2. The van der Waals surface area contributed by atoms with E-state index in [0.717, 1.165) is 0 Å². The van der Waals surface area contributed by atoms with Crippen molar-refractivity contribution in [1.29, 1.82) is 0 Å². The fourth-order valence-corrected chi connectivity index (χ4v) is 3.44. The van der Waals surface area contributed by atoms with Crippen LogP contribution in [0.15, 0.2) is 12.2 Å². The van der Waals surface area contributed by atoms with Gasteiger partial charge in [0.25, 0.3) is 0 Å². The molecule has 0 aromatic heterocycles. The molecule has 0 saturated heterocycles. The van der Waals surface area contributed by atoms with Gasteiger partial charge in [-0.15, -0.1) is 0 Å². The molecule has 6 nitrogen and oxygen atoms in total. The highest BCUT2D eigenvalue weighted by molar-refractivity contribution is 5.83. The summed E-state index contributed by atoms with van der Waals surface area (Å²) in [6.45, 7) is 5.01. The van der Waals surface area contributed by atoms with Crippen molar-refractivity contribution in [2.75, 3.05) is 0 Å². The summed E-state index contributed by atoms with van der Waals surface area (Å²) in [6.07, 6.45) is 4.14.